The van der Waals surface area contributed by atoms with Crippen LogP contribution in [0.1, 0.15) is 38.4 Å². The van der Waals surface area contributed by atoms with Gasteiger partial charge in [-0.1, -0.05) is 26.0 Å². The van der Waals surface area contributed by atoms with Crippen molar-refractivity contribution in [2.75, 3.05) is 7.11 Å². The summed E-state index contributed by atoms with van der Waals surface area (Å²) in [6.45, 7) is 3.53. The summed E-state index contributed by atoms with van der Waals surface area (Å²) in [6.07, 6.45) is 0.231. The molecule has 0 spiro atoms. The Morgan fingerprint density at radius 1 is 1.05 bits per heavy atom. The van der Waals surface area contributed by atoms with Gasteiger partial charge in [-0.15, -0.1) is 0 Å². The summed E-state index contributed by atoms with van der Waals surface area (Å²) in [5, 5.41) is 5.55. The first-order valence-electron chi connectivity index (χ1n) is 6.33. The number of carbonyl (C=O) groups is 2. The molecule has 0 aliphatic rings. The van der Waals surface area contributed by atoms with E-state index < -0.39 is 6.17 Å². The van der Waals surface area contributed by atoms with Crippen LogP contribution in [0.2, 0.25) is 0 Å². The van der Waals surface area contributed by atoms with Gasteiger partial charge in [-0.05, 0) is 17.7 Å². The fraction of sp³-hybridized carbons (Fsp3) is 0.429. The van der Waals surface area contributed by atoms with E-state index in [-0.39, 0.29) is 11.8 Å². The molecule has 1 aromatic rings. The molecule has 0 bridgehead atoms. The summed E-state index contributed by atoms with van der Waals surface area (Å²) in [5.74, 6) is 0.501. The summed E-state index contributed by atoms with van der Waals surface area (Å²) in [6, 6.07) is 7.21. The minimum Gasteiger partial charge on any atom is -0.497 e. The number of methoxy groups -OCH3 is 1. The molecule has 0 saturated heterocycles. The van der Waals surface area contributed by atoms with Crippen LogP contribution in [-0.2, 0) is 9.59 Å². The van der Waals surface area contributed by atoms with Crippen molar-refractivity contribution in [3.63, 3.8) is 0 Å². The minimum absolute atomic E-state index is 0.114. The van der Waals surface area contributed by atoms with Crippen molar-refractivity contribution in [1.29, 1.82) is 0 Å². The zero-order valence-electron chi connectivity index (χ0n) is 11.5. The van der Waals surface area contributed by atoms with Crippen LogP contribution in [0.25, 0.3) is 0 Å². The van der Waals surface area contributed by atoms with E-state index in [1.807, 2.05) is 12.1 Å². The van der Waals surface area contributed by atoms with Crippen LogP contribution in [0.4, 0.5) is 0 Å². The number of rotatable bonds is 6. The molecule has 104 valence electrons. The molecule has 0 atom stereocenters. The first-order valence-corrected chi connectivity index (χ1v) is 6.33. The van der Waals surface area contributed by atoms with Crippen LogP contribution in [0.15, 0.2) is 24.3 Å². The second kappa shape index (κ2) is 7.41. The Balaban J connectivity index is 2.86. The molecule has 0 aliphatic carbocycles. The van der Waals surface area contributed by atoms with Crippen molar-refractivity contribution < 1.29 is 14.3 Å². The molecule has 5 nitrogen and oxygen atoms in total. The second-order valence-corrected chi connectivity index (χ2v) is 4.05. The van der Waals surface area contributed by atoms with E-state index in [1.54, 1.807) is 33.1 Å². The minimum atomic E-state index is -0.509. The van der Waals surface area contributed by atoms with E-state index in [0.717, 1.165) is 11.3 Å². The van der Waals surface area contributed by atoms with E-state index in [0.29, 0.717) is 12.8 Å². The van der Waals surface area contributed by atoms with Crippen molar-refractivity contribution in [3.8, 4) is 5.75 Å². The summed E-state index contributed by atoms with van der Waals surface area (Å²) in [5.41, 5.74) is 0.810. The Morgan fingerprint density at radius 3 is 1.89 bits per heavy atom. The predicted octanol–water partition coefficient (Wildman–Crippen LogP) is 1.75. The summed E-state index contributed by atoms with van der Waals surface area (Å²) in [4.78, 5) is 23.0. The molecule has 0 radical (unpaired) electrons. The molecule has 0 fully saturated rings. The fourth-order valence-corrected chi connectivity index (χ4v) is 1.53. The van der Waals surface area contributed by atoms with Gasteiger partial charge in [0.2, 0.25) is 11.8 Å². The van der Waals surface area contributed by atoms with E-state index >= 15 is 0 Å². The quantitative estimate of drug-likeness (QED) is 0.769. The zero-order valence-corrected chi connectivity index (χ0v) is 11.5. The number of ether oxygens (including phenoxy) is 1. The summed E-state index contributed by atoms with van der Waals surface area (Å²) in [7, 11) is 1.59. The molecule has 0 aromatic heterocycles. The molecule has 1 aromatic carbocycles. The van der Waals surface area contributed by atoms with Gasteiger partial charge < -0.3 is 15.4 Å². The molecule has 0 heterocycles. The zero-order chi connectivity index (χ0) is 14.3. The topological polar surface area (TPSA) is 67.4 Å². The van der Waals surface area contributed by atoms with Crippen LogP contribution in [0.3, 0.4) is 0 Å². The van der Waals surface area contributed by atoms with Crippen LogP contribution in [-0.4, -0.2) is 18.9 Å². The first-order chi connectivity index (χ1) is 9.10. The molecule has 2 amide bonds. The van der Waals surface area contributed by atoms with E-state index in [9.17, 15) is 9.59 Å². The third-order valence-corrected chi connectivity index (χ3v) is 2.70. The normalized spacial score (nSPS) is 10.1. The lowest BCUT2D eigenvalue weighted by atomic mass is 10.1. The molecular formula is C14H20N2O3. The summed E-state index contributed by atoms with van der Waals surface area (Å²) < 4.78 is 5.08. The van der Waals surface area contributed by atoms with Crippen molar-refractivity contribution >= 4 is 11.8 Å². The maximum Gasteiger partial charge on any atom is 0.221 e. The summed E-state index contributed by atoms with van der Waals surface area (Å²) >= 11 is 0. The monoisotopic (exact) mass is 264 g/mol. The molecule has 1 rings (SSSR count). The number of hydrogen-bond acceptors (Lipinski definition) is 3. The van der Waals surface area contributed by atoms with Gasteiger partial charge in [0.1, 0.15) is 11.9 Å². The Kier molecular flexibility index (Phi) is 5.85. The van der Waals surface area contributed by atoms with Gasteiger partial charge in [0.15, 0.2) is 0 Å². The lowest BCUT2D eigenvalue weighted by Crippen LogP contribution is -2.40. The lowest BCUT2D eigenvalue weighted by Gasteiger charge is -2.20. The van der Waals surface area contributed by atoms with Crippen molar-refractivity contribution in [2.45, 2.75) is 32.9 Å². The van der Waals surface area contributed by atoms with Crippen LogP contribution < -0.4 is 15.4 Å². The van der Waals surface area contributed by atoms with Gasteiger partial charge in [-0.3, -0.25) is 9.59 Å². The van der Waals surface area contributed by atoms with Gasteiger partial charge in [0, 0.05) is 12.8 Å². The van der Waals surface area contributed by atoms with Crippen LogP contribution in [0, 0.1) is 0 Å². The number of carbonyl (C=O) groups excluding carboxylic acids is 2. The predicted molar refractivity (Wildman–Crippen MR) is 72.6 cm³/mol. The van der Waals surface area contributed by atoms with E-state index in [1.165, 1.54) is 0 Å². The lowest BCUT2D eigenvalue weighted by molar-refractivity contribution is -0.124. The fourth-order valence-electron chi connectivity index (χ4n) is 1.53. The van der Waals surface area contributed by atoms with Gasteiger partial charge in [-0.2, -0.15) is 0 Å². The molecular weight excluding hydrogens is 244 g/mol. The van der Waals surface area contributed by atoms with E-state index in [2.05, 4.69) is 10.6 Å². The third kappa shape index (κ3) is 4.62. The highest BCUT2D eigenvalue weighted by molar-refractivity contribution is 5.79. The molecule has 0 saturated carbocycles. The highest BCUT2D eigenvalue weighted by Crippen LogP contribution is 2.16. The van der Waals surface area contributed by atoms with Gasteiger partial charge in [0.25, 0.3) is 0 Å². The number of amides is 2. The SMILES string of the molecule is CCC(=O)NC(NC(=O)CC)c1ccc(OC)cc1. The third-order valence-electron chi connectivity index (χ3n) is 2.70. The largest absolute Gasteiger partial charge is 0.497 e. The van der Waals surface area contributed by atoms with Crippen LogP contribution in [0.5, 0.6) is 5.75 Å². The second-order valence-electron chi connectivity index (χ2n) is 4.05. The van der Waals surface area contributed by atoms with Crippen LogP contribution >= 0.6 is 0 Å². The Morgan fingerprint density at radius 2 is 1.53 bits per heavy atom. The van der Waals surface area contributed by atoms with Crippen molar-refractivity contribution in [1.82, 2.24) is 10.6 Å². The highest BCUT2D eigenvalue weighted by atomic mass is 16.5. The van der Waals surface area contributed by atoms with E-state index in [4.69, 9.17) is 4.74 Å². The van der Waals surface area contributed by atoms with Gasteiger partial charge in [-0.25, -0.2) is 0 Å². The number of nitrogens with one attached hydrogen (secondary N) is 2. The molecule has 0 aliphatic heterocycles. The highest BCUT2D eigenvalue weighted by Gasteiger charge is 2.15. The molecule has 2 N–H and O–H groups in total. The maximum atomic E-state index is 11.5. The molecule has 0 unspecified atom stereocenters. The van der Waals surface area contributed by atoms with Crippen molar-refractivity contribution in [2.24, 2.45) is 0 Å². The van der Waals surface area contributed by atoms with Gasteiger partial charge in [0.05, 0.1) is 7.11 Å². The average Bonchev–Trinajstić information content (AvgIpc) is 2.46. The van der Waals surface area contributed by atoms with Crippen molar-refractivity contribution in [3.05, 3.63) is 29.8 Å². The Bertz CT molecular complexity index is 411. The molecule has 19 heavy (non-hydrogen) atoms. The number of hydrogen-bond donors (Lipinski definition) is 2. The molecule has 5 heteroatoms. The standard InChI is InChI=1S/C14H20N2O3/c1-4-12(17)15-14(16-13(18)5-2)10-6-8-11(19-3)9-7-10/h6-9,14H,4-5H2,1-3H3,(H,15,17)(H,16,18). The number of benzene rings is 1. The first kappa shape index (κ1) is 15.0. The Labute approximate surface area is 113 Å². The maximum absolute atomic E-state index is 11.5. The average molecular weight is 264 g/mol. The Hall–Kier alpha value is -2.04. The van der Waals surface area contributed by atoms with Gasteiger partial charge >= 0.3 is 0 Å². The smallest absolute Gasteiger partial charge is 0.221 e.